The molecular weight excluding hydrogens is 458 g/mol. The molecule has 36 heavy (non-hydrogen) atoms. The van der Waals surface area contributed by atoms with Gasteiger partial charge in [-0.3, -0.25) is 4.79 Å². The monoisotopic (exact) mass is 485 g/mol. The SMILES string of the molecule is COc1cc(-n2c3c(c4ncnc(N)c42)CCC3)ccc1CC(=O)Nc1ccc(C2(O)COC2)cc1. The summed E-state index contributed by atoms with van der Waals surface area (Å²) in [5.74, 6) is 0.901. The Bertz CT molecular complexity index is 1470. The molecule has 3 heterocycles. The van der Waals surface area contributed by atoms with Crippen molar-refractivity contribution in [2.75, 3.05) is 31.4 Å². The van der Waals surface area contributed by atoms with Crippen LogP contribution < -0.4 is 15.8 Å². The number of nitrogen functional groups attached to an aromatic ring is 1. The third-order valence-corrected chi connectivity index (χ3v) is 7.09. The maximum absolute atomic E-state index is 12.8. The quantitative estimate of drug-likeness (QED) is 0.384. The summed E-state index contributed by atoms with van der Waals surface area (Å²) in [5, 5.41) is 13.3. The predicted octanol–water partition coefficient (Wildman–Crippen LogP) is 2.90. The minimum atomic E-state index is -0.931. The van der Waals surface area contributed by atoms with Gasteiger partial charge < -0.3 is 30.2 Å². The average molecular weight is 486 g/mol. The average Bonchev–Trinajstić information content (AvgIpc) is 3.45. The van der Waals surface area contributed by atoms with Crippen molar-refractivity contribution in [1.29, 1.82) is 0 Å². The largest absolute Gasteiger partial charge is 0.496 e. The molecule has 4 N–H and O–H groups in total. The van der Waals surface area contributed by atoms with Crippen molar-refractivity contribution < 1.29 is 19.4 Å². The van der Waals surface area contributed by atoms with Gasteiger partial charge in [0.2, 0.25) is 5.91 Å². The van der Waals surface area contributed by atoms with E-state index in [4.69, 9.17) is 15.2 Å². The normalized spacial score (nSPS) is 15.9. The number of ether oxygens (including phenoxy) is 2. The summed E-state index contributed by atoms with van der Waals surface area (Å²) >= 11 is 0. The van der Waals surface area contributed by atoms with Crippen LogP contribution in [-0.2, 0) is 34.4 Å². The number of nitrogens with zero attached hydrogens (tertiary/aromatic N) is 3. The molecule has 0 bridgehead atoms. The van der Waals surface area contributed by atoms with Crippen molar-refractivity contribution in [3.8, 4) is 11.4 Å². The molecule has 1 saturated heterocycles. The molecule has 0 unspecified atom stereocenters. The first-order chi connectivity index (χ1) is 17.5. The lowest BCUT2D eigenvalue weighted by Gasteiger charge is -2.36. The number of carbonyl (C=O) groups excluding carboxylic acids is 1. The molecule has 1 aliphatic carbocycles. The van der Waals surface area contributed by atoms with E-state index < -0.39 is 5.60 Å². The zero-order valence-corrected chi connectivity index (χ0v) is 20.0. The minimum absolute atomic E-state index is 0.152. The molecule has 0 saturated carbocycles. The van der Waals surface area contributed by atoms with Crippen LogP contribution in [0.1, 0.15) is 28.8 Å². The van der Waals surface area contributed by atoms with E-state index in [0.717, 1.165) is 47.1 Å². The highest BCUT2D eigenvalue weighted by Gasteiger charge is 2.37. The van der Waals surface area contributed by atoms with E-state index >= 15 is 0 Å². The minimum Gasteiger partial charge on any atom is -0.496 e. The van der Waals surface area contributed by atoms with Gasteiger partial charge in [0.15, 0.2) is 5.82 Å². The zero-order valence-electron chi connectivity index (χ0n) is 20.0. The molecule has 6 rings (SSSR count). The van der Waals surface area contributed by atoms with Gasteiger partial charge in [-0.15, -0.1) is 0 Å². The molecule has 1 fully saturated rings. The van der Waals surface area contributed by atoms with E-state index in [1.807, 2.05) is 30.3 Å². The fourth-order valence-corrected chi connectivity index (χ4v) is 5.21. The Morgan fingerprint density at radius 1 is 1.19 bits per heavy atom. The van der Waals surface area contributed by atoms with Crippen LogP contribution in [0.5, 0.6) is 5.75 Å². The summed E-state index contributed by atoms with van der Waals surface area (Å²) in [4.78, 5) is 21.5. The maximum Gasteiger partial charge on any atom is 0.228 e. The Labute approximate surface area is 207 Å². The maximum atomic E-state index is 12.8. The van der Waals surface area contributed by atoms with E-state index in [9.17, 15) is 9.90 Å². The number of aromatic nitrogens is 3. The molecule has 4 aromatic rings. The zero-order chi connectivity index (χ0) is 24.9. The van der Waals surface area contributed by atoms with Gasteiger partial charge in [0.05, 0.1) is 32.3 Å². The molecule has 9 heteroatoms. The van der Waals surface area contributed by atoms with Crippen molar-refractivity contribution in [2.24, 2.45) is 0 Å². The van der Waals surface area contributed by atoms with Crippen LogP contribution in [0.4, 0.5) is 11.5 Å². The highest BCUT2D eigenvalue weighted by atomic mass is 16.5. The number of aryl methyl sites for hydroxylation is 1. The molecule has 1 amide bonds. The predicted molar refractivity (Wildman–Crippen MR) is 135 cm³/mol. The van der Waals surface area contributed by atoms with Crippen molar-refractivity contribution in [3.63, 3.8) is 0 Å². The third kappa shape index (κ3) is 3.68. The van der Waals surface area contributed by atoms with E-state index in [-0.39, 0.29) is 25.5 Å². The number of anilines is 2. The summed E-state index contributed by atoms with van der Waals surface area (Å²) in [6, 6.07) is 13.0. The number of nitrogens with two attached hydrogens (primary N) is 1. The number of nitrogens with one attached hydrogen (secondary N) is 1. The van der Waals surface area contributed by atoms with Gasteiger partial charge in [-0.05, 0) is 48.6 Å². The lowest BCUT2D eigenvalue weighted by atomic mass is 9.92. The Morgan fingerprint density at radius 3 is 2.72 bits per heavy atom. The number of fused-ring (bicyclic) bond motifs is 3. The summed E-state index contributed by atoms with van der Waals surface area (Å²) in [6.45, 7) is 0.575. The van der Waals surface area contributed by atoms with Gasteiger partial charge in [-0.25, -0.2) is 9.97 Å². The van der Waals surface area contributed by atoms with E-state index in [1.165, 1.54) is 17.6 Å². The number of benzene rings is 2. The standard InChI is InChI=1S/C27H27N5O4/c1-35-22-12-19(32-21-4-2-3-20(21)24-25(32)26(28)30-15-29-24)10-5-16(22)11-23(33)31-18-8-6-17(7-9-18)27(34)13-36-14-27/h5-10,12,15,34H,2-4,11,13-14H2,1H3,(H,31,33)(H2,28,29,30). The lowest BCUT2D eigenvalue weighted by molar-refractivity contribution is -0.184. The second-order valence-electron chi connectivity index (χ2n) is 9.39. The molecule has 2 aromatic heterocycles. The molecule has 2 aromatic carbocycles. The van der Waals surface area contributed by atoms with Gasteiger partial charge in [-0.1, -0.05) is 18.2 Å². The molecule has 0 spiro atoms. The highest BCUT2D eigenvalue weighted by molar-refractivity contribution is 5.93. The summed E-state index contributed by atoms with van der Waals surface area (Å²) < 4.78 is 12.9. The van der Waals surface area contributed by atoms with Crippen LogP contribution >= 0.6 is 0 Å². The van der Waals surface area contributed by atoms with Crippen LogP contribution in [-0.4, -0.2) is 45.9 Å². The first-order valence-corrected chi connectivity index (χ1v) is 12.0. The van der Waals surface area contributed by atoms with Crippen molar-refractivity contribution in [2.45, 2.75) is 31.3 Å². The Kier molecular flexibility index (Phi) is 5.39. The Balaban J connectivity index is 1.25. The number of hydrogen-bond acceptors (Lipinski definition) is 7. The number of carbonyl (C=O) groups is 1. The van der Waals surface area contributed by atoms with Crippen LogP contribution in [0, 0.1) is 0 Å². The molecule has 184 valence electrons. The van der Waals surface area contributed by atoms with Crippen molar-refractivity contribution in [3.05, 3.63) is 71.2 Å². The summed E-state index contributed by atoms with van der Waals surface area (Å²) in [7, 11) is 1.60. The second-order valence-corrected chi connectivity index (χ2v) is 9.39. The smallest absolute Gasteiger partial charge is 0.228 e. The van der Waals surface area contributed by atoms with Gasteiger partial charge in [0.1, 0.15) is 23.2 Å². The molecule has 2 aliphatic rings. The molecule has 0 atom stereocenters. The third-order valence-electron chi connectivity index (χ3n) is 7.09. The Morgan fingerprint density at radius 2 is 2.00 bits per heavy atom. The number of amides is 1. The Hall–Kier alpha value is -3.95. The topological polar surface area (TPSA) is 125 Å². The molecule has 9 nitrogen and oxygen atoms in total. The number of methoxy groups -OCH3 is 1. The number of aliphatic hydroxyl groups is 1. The van der Waals surface area contributed by atoms with Crippen molar-refractivity contribution >= 4 is 28.4 Å². The van der Waals surface area contributed by atoms with Crippen LogP contribution in [0.2, 0.25) is 0 Å². The van der Waals surface area contributed by atoms with Gasteiger partial charge in [0.25, 0.3) is 0 Å². The number of rotatable bonds is 6. The molecule has 0 radical (unpaired) electrons. The van der Waals surface area contributed by atoms with Crippen molar-refractivity contribution in [1.82, 2.24) is 14.5 Å². The fraction of sp³-hybridized carbons (Fsp3) is 0.296. The van der Waals surface area contributed by atoms with Crippen LogP contribution in [0.15, 0.2) is 48.8 Å². The first kappa shape index (κ1) is 22.5. The fourth-order valence-electron chi connectivity index (χ4n) is 5.21. The molecule has 1 aliphatic heterocycles. The number of hydrogen-bond donors (Lipinski definition) is 3. The van der Waals surface area contributed by atoms with Crippen LogP contribution in [0.25, 0.3) is 16.7 Å². The molecular formula is C27H27N5O4. The summed E-state index contributed by atoms with van der Waals surface area (Å²) in [6.07, 6.45) is 4.66. The van der Waals surface area contributed by atoms with E-state index in [0.29, 0.717) is 17.3 Å². The van der Waals surface area contributed by atoms with Gasteiger partial charge in [0, 0.05) is 28.7 Å². The van der Waals surface area contributed by atoms with E-state index in [1.54, 1.807) is 19.2 Å². The van der Waals surface area contributed by atoms with Crippen LogP contribution in [0.3, 0.4) is 0 Å². The van der Waals surface area contributed by atoms with Gasteiger partial charge >= 0.3 is 0 Å². The summed E-state index contributed by atoms with van der Waals surface area (Å²) in [5.41, 5.74) is 12.6. The van der Waals surface area contributed by atoms with Gasteiger partial charge in [-0.2, -0.15) is 0 Å². The lowest BCUT2D eigenvalue weighted by Crippen LogP contribution is -2.46. The second kappa shape index (κ2) is 8.61. The highest BCUT2D eigenvalue weighted by Crippen LogP contribution is 2.37. The van der Waals surface area contributed by atoms with E-state index in [2.05, 4.69) is 19.9 Å². The first-order valence-electron chi connectivity index (χ1n) is 12.0.